The van der Waals surface area contributed by atoms with Crippen LogP contribution in [0, 0.1) is 13.8 Å². The van der Waals surface area contributed by atoms with Crippen molar-refractivity contribution in [1.82, 2.24) is 24.7 Å². The van der Waals surface area contributed by atoms with Crippen molar-refractivity contribution in [1.29, 1.82) is 0 Å². The smallest absolute Gasteiger partial charge is 0.257 e. The Balaban J connectivity index is 1.58. The summed E-state index contributed by atoms with van der Waals surface area (Å²) in [5.41, 5.74) is 6.60. The second kappa shape index (κ2) is 9.97. The first kappa shape index (κ1) is 21.4. The molecule has 2 aromatic heterocycles. The Hall–Kier alpha value is -3.85. The van der Waals surface area contributed by atoms with Gasteiger partial charge in [-0.3, -0.25) is 0 Å². The average Bonchev–Trinajstić information content (AvgIpc) is 3.14. The minimum atomic E-state index is 0.298. The van der Waals surface area contributed by atoms with E-state index >= 15 is 0 Å². The van der Waals surface area contributed by atoms with Crippen molar-refractivity contribution in [2.45, 2.75) is 13.8 Å². The van der Waals surface area contributed by atoms with Gasteiger partial charge in [-0.25, -0.2) is 10.1 Å². The Morgan fingerprint density at radius 3 is 2.41 bits per heavy atom. The van der Waals surface area contributed by atoms with E-state index in [-0.39, 0.29) is 0 Å². The molecular weight excluding hydrogens is 468 g/mol. The molecule has 4 rings (SSSR count). The number of anilines is 3. The van der Waals surface area contributed by atoms with E-state index in [2.05, 4.69) is 51.8 Å². The summed E-state index contributed by atoms with van der Waals surface area (Å²) in [6, 6.07) is 19.7. The predicted molar refractivity (Wildman–Crippen MR) is 131 cm³/mol. The number of nitrogens with zero attached hydrogens (tertiary/aromatic N) is 6. The van der Waals surface area contributed by atoms with Gasteiger partial charge < -0.3 is 5.32 Å². The molecule has 0 fully saturated rings. The highest BCUT2D eigenvalue weighted by Gasteiger charge is 2.12. The summed E-state index contributed by atoms with van der Waals surface area (Å²) >= 11 is 3.44. The first-order chi connectivity index (χ1) is 15.6. The van der Waals surface area contributed by atoms with Crippen LogP contribution in [-0.2, 0) is 0 Å². The van der Waals surface area contributed by atoms with Crippen molar-refractivity contribution < 1.29 is 0 Å². The van der Waals surface area contributed by atoms with Crippen molar-refractivity contribution in [3.8, 4) is 5.95 Å². The highest BCUT2D eigenvalue weighted by Crippen LogP contribution is 2.19. The molecule has 2 N–H and O–H groups in total. The van der Waals surface area contributed by atoms with Crippen LogP contribution in [0.1, 0.15) is 17.0 Å². The molecule has 0 aliphatic rings. The molecule has 9 heteroatoms. The highest BCUT2D eigenvalue weighted by atomic mass is 79.9. The Kier molecular flexibility index (Phi) is 6.66. The number of allylic oxidation sites excluding steroid dienone is 1. The van der Waals surface area contributed by atoms with Gasteiger partial charge in [0.25, 0.3) is 5.95 Å². The van der Waals surface area contributed by atoms with Crippen LogP contribution in [0.5, 0.6) is 0 Å². The summed E-state index contributed by atoms with van der Waals surface area (Å²) in [5.74, 6) is 1.07. The summed E-state index contributed by atoms with van der Waals surface area (Å²) < 4.78 is 2.66. The summed E-state index contributed by atoms with van der Waals surface area (Å²) in [6.45, 7) is 3.87. The van der Waals surface area contributed by atoms with Gasteiger partial charge in [0.2, 0.25) is 11.9 Å². The van der Waals surface area contributed by atoms with Crippen LogP contribution in [0.25, 0.3) is 12.0 Å². The number of aromatic nitrogens is 5. The van der Waals surface area contributed by atoms with Crippen molar-refractivity contribution in [3.63, 3.8) is 0 Å². The summed E-state index contributed by atoms with van der Waals surface area (Å²) in [7, 11) is 0. The topological polar surface area (TPSA) is 92.9 Å². The van der Waals surface area contributed by atoms with Gasteiger partial charge in [-0.15, -0.1) is 0 Å². The number of hydrazone groups is 1. The maximum Gasteiger partial charge on any atom is 0.257 e. The number of nitrogens with one attached hydrogen (secondary N) is 2. The van der Waals surface area contributed by atoms with Gasteiger partial charge in [0, 0.05) is 22.1 Å². The van der Waals surface area contributed by atoms with Crippen LogP contribution in [0.3, 0.4) is 0 Å². The van der Waals surface area contributed by atoms with E-state index in [1.54, 1.807) is 10.9 Å². The SMILES string of the molecule is Cc1cc(C)n(-c2nc(NN=C/C=C/c3ccccc3)nc(Nc3ccc(Br)cc3)n2)n1. The quantitative estimate of drug-likeness (QED) is 0.271. The Morgan fingerprint density at radius 2 is 1.69 bits per heavy atom. The van der Waals surface area contributed by atoms with E-state index in [0.717, 1.165) is 27.1 Å². The van der Waals surface area contributed by atoms with Gasteiger partial charge in [0.1, 0.15) is 0 Å². The molecule has 160 valence electrons. The molecule has 0 spiro atoms. The molecule has 0 amide bonds. The second-order valence-electron chi connectivity index (χ2n) is 6.91. The number of hydrogen-bond donors (Lipinski definition) is 2. The number of rotatable bonds is 7. The molecule has 0 aliphatic heterocycles. The first-order valence-electron chi connectivity index (χ1n) is 9.90. The van der Waals surface area contributed by atoms with Gasteiger partial charge in [-0.1, -0.05) is 52.3 Å². The van der Waals surface area contributed by atoms with Gasteiger partial charge in [-0.2, -0.15) is 25.2 Å². The third kappa shape index (κ3) is 5.64. The molecule has 0 atom stereocenters. The monoisotopic (exact) mass is 488 g/mol. The molecule has 4 aromatic rings. The highest BCUT2D eigenvalue weighted by molar-refractivity contribution is 9.10. The van der Waals surface area contributed by atoms with Crippen LogP contribution in [-0.4, -0.2) is 30.9 Å². The fraction of sp³-hybridized carbons (Fsp3) is 0.0870. The third-order valence-corrected chi connectivity index (χ3v) is 4.87. The van der Waals surface area contributed by atoms with Crippen LogP contribution < -0.4 is 10.7 Å². The van der Waals surface area contributed by atoms with E-state index in [1.165, 1.54) is 0 Å². The molecule has 0 radical (unpaired) electrons. The lowest BCUT2D eigenvalue weighted by molar-refractivity contribution is 0.767. The summed E-state index contributed by atoms with van der Waals surface area (Å²) in [4.78, 5) is 13.4. The fourth-order valence-electron chi connectivity index (χ4n) is 2.92. The summed E-state index contributed by atoms with van der Waals surface area (Å²) in [5, 5.41) is 11.9. The summed E-state index contributed by atoms with van der Waals surface area (Å²) in [6.07, 6.45) is 5.44. The fourth-order valence-corrected chi connectivity index (χ4v) is 3.18. The number of benzene rings is 2. The molecule has 0 bridgehead atoms. The normalized spacial score (nSPS) is 11.3. The third-order valence-electron chi connectivity index (χ3n) is 4.34. The molecule has 0 saturated heterocycles. The average molecular weight is 489 g/mol. The largest absolute Gasteiger partial charge is 0.324 e. The van der Waals surface area contributed by atoms with Crippen molar-refractivity contribution in [2.75, 3.05) is 10.7 Å². The van der Waals surface area contributed by atoms with Gasteiger partial charge in [-0.05, 0) is 55.8 Å². The predicted octanol–water partition coefficient (Wildman–Crippen LogP) is 5.29. The molecule has 8 nitrogen and oxygen atoms in total. The first-order valence-corrected chi connectivity index (χ1v) is 10.7. The lowest BCUT2D eigenvalue weighted by Crippen LogP contribution is -2.11. The standard InChI is InChI=1S/C23H21BrN8/c1-16-15-17(2)32(31-16)23-28-21(26-20-12-10-19(24)11-13-20)27-22(29-23)30-25-14-6-9-18-7-4-3-5-8-18/h3-15H,1-2H3,(H2,26,27,28,29,30)/b9-6+,25-14?. The van der Waals surface area contributed by atoms with Gasteiger partial charge in [0.15, 0.2) is 0 Å². The molecule has 0 aliphatic carbocycles. The van der Waals surface area contributed by atoms with Crippen molar-refractivity contribution in [2.24, 2.45) is 5.10 Å². The number of aryl methyl sites for hydroxylation is 2. The lowest BCUT2D eigenvalue weighted by atomic mass is 10.2. The zero-order chi connectivity index (χ0) is 22.3. The molecular formula is C23H21BrN8. The maximum atomic E-state index is 4.53. The van der Waals surface area contributed by atoms with E-state index in [9.17, 15) is 0 Å². The van der Waals surface area contributed by atoms with E-state index < -0.39 is 0 Å². The zero-order valence-electron chi connectivity index (χ0n) is 17.6. The van der Waals surface area contributed by atoms with E-state index in [4.69, 9.17) is 0 Å². The zero-order valence-corrected chi connectivity index (χ0v) is 19.2. The number of hydrogen-bond acceptors (Lipinski definition) is 7. The Labute approximate surface area is 194 Å². The minimum Gasteiger partial charge on any atom is -0.324 e. The Bertz CT molecular complexity index is 1250. The van der Waals surface area contributed by atoms with Crippen LogP contribution in [0.2, 0.25) is 0 Å². The lowest BCUT2D eigenvalue weighted by Gasteiger charge is -2.09. The second-order valence-corrected chi connectivity index (χ2v) is 7.83. The van der Waals surface area contributed by atoms with Crippen LogP contribution >= 0.6 is 15.9 Å². The van der Waals surface area contributed by atoms with E-state index in [1.807, 2.05) is 86.7 Å². The van der Waals surface area contributed by atoms with Gasteiger partial charge in [0.05, 0.1) is 5.69 Å². The van der Waals surface area contributed by atoms with Gasteiger partial charge >= 0.3 is 0 Å². The molecule has 2 heterocycles. The maximum absolute atomic E-state index is 4.53. The van der Waals surface area contributed by atoms with Crippen molar-refractivity contribution in [3.05, 3.63) is 88.2 Å². The van der Waals surface area contributed by atoms with E-state index in [0.29, 0.717) is 17.8 Å². The molecule has 0 unspecified atom stereocenters. The minimum absolute atomic E-state index is 0.298. The Morgan fingerprint density at radius 1 is 0.938 bits per heavy atom. The van der Waals surface area contributed by atoms with Crippen molar-refractivity contribution >= 4 is 45.8 Å². The molecule has 2 aromatic carbocycles. The number of halogens is 1. The molecule has 32 heavy (non-hydrogen) atoms. The van der Waals surface area contributed by atoms with Crippen LogP contribution in [0.15, 0.2) is 76.3 Å². The molecule has 0 saturated carbocycles. The van der Waals surface area contributed by atoms with Crippen LogP contribution in [0.4, 0.5) is 17.6 Å².